The molecule has 2 N–H and O–H groups in total. The summed E-state index contributed by atoms with van der Waals surface area (Å²) in [6.45, 7) is 15.9. The summed E-state index contributed by atoms with van der Waals surface area (Å²) in [7, 11) is 0. The molecule has 0 amide bonds. The topological polar surface area (TPSA) is 42.9 Å². The maximum atomic E-state index is 4.76. The molecule has 1 saturated heterocycles. The van der Waals surface area contributed by atoms with Crippen LogP contribution in [-0.4, -0.2) is 56.7 Å². The first kappa shape index (κ1) is 20.6. The second kappa shape index (κ2) is 11.1. The Kier molecular flexibility index (Phi) is 8.75. The third-order valence-electron chi connectivity index (χ3n) is 5.12. The van der Waals surface area contributed by atoms with E-state index in [9.17, 15) is 0 Å². The van der Waals surface area contributed by atoms with E-state index < -0.39 is 0 Å². The van der Waals surface area contributed by atoms with E-state index in [2.05, 4.69) is 72.4 Å². The number of aliphatic imine (C=N–C) groups is 1. The smallest absolute Gasteiger partial charge is 0.191 e. The number of benzene rings is 1. The molecule has 0 saturated carbocycles. The monoisotopic (exact) mass is 359 g/mol. The highest BCUT2D eigenvalue weighted by atomic mass is 15.2. The molecular weight excluding hydrogens is 322 g/mol. The lowest BCUT2D eigenvalue weighted by Gasteiger charge is -2.22. The molecule has 1 aliphatic heterocycles. The Morgan fingerprint density at radius 3 is 2.58 bits per heavy atom. The fraction of sp³-hybridized carbons (Fsp3) is 0.667. The highest BCUT2D eigenvalue weighted by molar-refractivity contribution is 5.80. The van der Waals surface area contributed by atoms with Crippen molar-refractivity contribution in [1.29, 1.82) is 0 Å². The van der Waals surface area contributed by atoms with Gasteiger partial charge in [0.1, 0.15) is 0 Å². The van der Waals surface area contributed by atoms with E-state index in [4.69, 9.17) is 4.99 Å². The van der Waals surface area contributed by atoms with Gasteiger partial charge in [-0.25, -0.2) is 0 Å². The van der Waals surface area contributed by atoms with Crippen molar-refractivity contribution in [3.8, 4) is 0 Å². The lowest BCUT2D eigenvalue weighted by atomic mass is 10.1. The number of rotatable bonds is 9. The van der Waals surface area contributed by atoms with Crippen molar-refractivity contribution in [3.05, 3.63) is 29.8 Å². The lowest BCUT2D eigenvalue weighted by Crippen LogP contribution is -2.39. The van der Waals surface area contributed by atoms with Crippen LogP contribution in [0.2, 0.25) is 0 Å². The van der Waals surface area contributed by atoms with Gasteiger partial charge in [-0.2, -0.15) is 0 Å². The van der Waals surface area contributed by atoms with Crippen LogP contribution in [0, 0.1) is 0 Å². The summed E-state index contributed by atoms with van der Waals surface area (Å²) in [5.41, 5.74) is 2.65. The second-order valence-electron chi connectivity index (χ2n) is 6.94. The van der Waals surface area contributed by atoms with Crippen LogP contribution in [0.1, 0.15) is 52.1 Å². The van der Waals surface area contributed by atoms with Gasteiger partial charge in [0.05, 0.1) is 12.6 Å². The van der Waals surface area contributed by atoms with Gasteiger partial charge < -0.3 is 20.4 Å². The van der Waals surface area contributed by atoms with Gasteiger partial charge in [-0.1, -0.05) is 26.0 Å². The van der Waals surface area contributed by atoms with Crippen LogP contribution in [0.3, 0.4) is 0 Å². The molecule has 1 fully saturated rings. The van der Waals surface area contributed by atoms with Crippen molar-refractivity contribution >= 4 is 11.6 Å². The third kappa shape index (κ3) is 6.20. The molecule has 1 aliphatic rings. The van der Waals surface area contributed by atoms with Gasteiger partial charge in [0.15, 0.2) is 5.96 Å². The summed E-state index contributed by atoms with van der Waals surface area (Å²) in [6, 6.07) is 9.15. The van der Waals surface area contributed by atoms with E-state index in [0.29, 0.717) is 0 Å². The summed E-state index contributed by atoms with van der Waals surface area (Å²) in [5, 5.41) is 6.94. The first-order chi connectivity index (χ1) is 12.7. The highest BCUT2D eigenvalue weighted by Crippen LogP contribution is 2.23. The van der Waals surface area contributed by atoms with Crippen molar-refractivity contribution in [2.45, 2.75) is 46.6 Å². The van der Waals surface area contributed by atoms with Gasteiger partial charge in [0.2, 0.25) is 0 Å². The van der Waals surface area contributed by atoms with Crippen molar-refractivity contribution in [2.24, 2.45) is 4.99 Å². The van der Waals surface area contributed by atoms with E-state index in [1.54, 1.807) is 0 Å². The summed E-state index contributed by atoms with van der Waals surface area (Å²) < 4.78 is 0. The molecular formula is C21H37N5. The molecule has 5 nitrogen and oxygen atoms in total. The quantitative estimate of drug-likeness (QED) is 0.525. The van der Waals surface area contributed by atoms with Gasteiger partial charge in [-0.3, -0.25) is 4.99 Å². The Hall–Kier alpha value is -1.75. The Labute approximate surface area is 159 Å². The maximum absolute atomic E-state index is 4.76. The van der Waals surface area contributed by atoms with E-state index in [1.165, 1.54) is 37.2 Å². The van der Waals surface area contributed by atoms with Crippen LogP contribution in [0.5, 0.6) is 0 Å². The molecule has 0 aliphatic carbocycles. The number of nitrogens with one attached hydrogen (secondary N) is 2. The van der Waals surface area contributed by atoms with Crippen LogP contribution < -0.4 is 15.5 Å². The number of guanidine groups is 1. The van der Waals surface area contributed by atoms with Crippen molar-refractivity contribution in [1.82, 2.24) is 15.5 Å². The molecule has 0 radical (unpaired) electrons. The molecule has 5 heteroatoms. The number of hydrogen-bond donors (Lipinski definition) is 2. The maximum Gasteiger partial charge on any atom is 0.191 e. The Balaban J connectivity index is 1.97. The molecule has 1 aromatic rings. The molecule has 1 heterocycles. The first-order valence-corrected chi connectivity index (χ1v) is 10.3. The van der Waals surface area contributed by atoms with E-state index in [1.807, 2.05) is 0 Å². The molecule has 0 spiro atoms. The average molecular weight is 360 g/mol. The summed E-state index contributed by atoms with van der Waals surface area (Å²) in [5.74, 6) is 0.902. The number of nitrogens with zero attached hydrogens (tertiary/aromatic N) is 3. The van der Waals surface area contributed by atoms with Crippen molar-refractivity contribution in [3.63, 3.8) is 0 Å². The fourth-order valence-corrected chi connectivity index (χ4v) is 3.42. The average Bonchev–Trinajstić information content (AvgIpc) is 3.20. The minimum absolute atomic E-state index is 0.226. The van der Waals surface area contributed by atoms with Crippen LogP contribution in [0.4, 0.5) is 5.69 Å². The molecule has 1 aromatic carbocycles. The van der Waals surface area contributed by atoms with Crippen molar-refractivity contribution < 1.29 is 0 Å². The summed E-state index contributed by atoms with van der Waals surface area (Å²) >= 11 is 0. The minimum Gasteiger partial charge on any atom is -0.372 e. The highest BCUT2D eigenvalue weighted by Gasteiger charge is 2.14. The second-order valence-corrected chi connectivity index (χ2v) is 6.94. The van der Waals surface area contributed by atoms with Crippen LogP contribution in [-0.2, 0) is 0 Å². The molecule has 146 valence electrons. The molecule has 1 atom stereocenters. The predicted octanol–water partition coefficient (Wildman–Crippen LogP) is 3.24. The zero-order valence-electron chi connectivity index (χ0n) is 17.1. The fourth-order valence-electron chi connectivity index (χ4n) is 3.42. The van der Waals surface area contributed by atoms with Gasteiger partial charge in [0, 0.05) is 31.9 Å². The molecule has 1 unspecified atom stereocenters. The Bertz CT molecular complexity index is 547. The molecule has 26 heavy (non-hydrogen) atoms. The number of anilines is 1. The minimum atomic E-state index is 0.226. The third-order valence-corrected chi connectivity index (χ3v) is 5.12. The summed E-state index contributed by atoms with van der Waals surface area (Å²) in [6.07, 6.45) is 2.61. The van der Waals surface area contributed by atoms with E-state index >= 15 is 0 Å². The SMILES string of the molecule is CCNC(=NCCN(CC)CC)NC(C)c1cccc(N2CCCC2)c1. The largest absolute Gasteiger partial charge is 0.372 e. The van der Waals surface area contributed by atoms with Crippen LogP contribution >= 0.6 is 0 Å². The lowest BCUT2D eigenvalue weighted by molar-refractivity contribution is 0.313. The zero-order chi connectivity index (χ0) is 18.8. The normalized spacial score (nSPS) is 16.2. The van der Waals surface area contributed by atoms with Gasteiger partial charge in [-0.15, -0.1) is 0 Å². The van der Waals surface area contributed by atoms with Gasteiger partial charge in [-0.05, 0) is 57.5 Å². The first-order valence-electron chi connectivity index (χ1n) is 10.3. The summed E-state index contributed by atoms with van der Waals surface area (Å²) in [4.78, 5) is 9.64. The van der Waals surface area contributed by atoms with E-state index in [-0.39, 0.29) is 6.04 Å². The number of hydrogen-bond acceptors (Lipinski definition) is 3. The predicted molar refractivity (Wildman–Crippen MR) is 113 cm³/mol. The van der Waals surface area contributed by atoms with Crippen molar-refractivity contribution in [2.75, 3.05) is 50.7 Å². The zero-order valence-corrected chi connectivity index (χ0v) is 17.1. The molecule has 0 aromatic heterocycles. The standard InChI is InChI=1S/C21H37N5/c1-5-22-21(23-13-16-25(6-2)7-3)24-18(4)19-11-10-12-20(17-19)26-14-8-9-15-26/h10-12,17-18H,5-9,13-16H2,1-4H3,(H2,22,23,24). The van der Waals surface area contributed by atoms with Crippen LogP contribution in [0.15, 0.2) is 29.3 Å². The van der Waals surface area contributed by atoms with Gasteiger partial charge in [0.25, 0.3) is 0 Å². The van der Waals surface area contributed by atoms with Gasteiger partial charge >= 0.3 is 0 Å². The Morgan fingerprint density at radius 1 is 1.19 bits per heavy atom. The number of likely N-dealkylation sites (N-methyl/N-ethyl adjacent to an activating group) is 1. The molecule has 0 bridgehead atoms. The Morgan fingerprint density at radius 2 is 1.92 bits per heavy atom. The van der Waals surface area contributed by atoms with E-state index in [0.717, 1.165) is 38.7 Å². The molecule has 2 rings (SSSR count). The van der Waals surface area contributed by atoms with Crippen LogP contribution in [0.25, 0.3) is 0 Å².